The van der Waals surface area contributed by atoms with Gasteiger partial charge >= 0.3 is 5.97 Å². The van der Waals surface area contributed by atoms with E-state index in [1.165, 1.54) is 7.11 Å². The lowest BCUT2D eigenvalue weighted by molar-refractivity contribution is -0.140. The Morgan fingerprint density at radius 1 is 0.935 bits per heavy atom. The monoisotopic (exact) mass is 439 g/mol. The van der Waals surface area contributed by atoms with Gasteiger partial charge in [0.2, 0.25) is 0 Å². The van der Waals surface area contributed by atoms with Crippen LogP contribution in [0, 0.1) is 0 Å². The van der Waals surface area contributed by atoms with E-state index in [1.807, 2.05) is 26.0 Å². The molecule has 0 atom stereocenters. The molecule has 31 heavy (non-hydrogen) atoms. The number of nitrogens with zero attached hydrogens (tertiary/aromatic N) is 1. The number of methoxy groups -OCH3 is 2. The molecule has 0 heterocycles. The molecule has 178 valence electrons. The lowest BCUT2D eigenvalue weighted by atomic mass is 10.0. The fraction of sp³-hybridized carbons (Fsp3) is 0.708. The number of hydrogen-bond donors (Lipinski definition) is 2. The Labute approximate surface area is 187 Å². The Kier molecular flexibility index (Phi) is 11.5. The number of esters is 1. The quantitative estimate of drug-likeness (QED) is 0.405. The van der Waals surface area contributed by atoms with Gasteiger partial charge in [-0.05, 0) is 70.2 Å². The molecule has 0 amide bonds. The molecule has 7 nitrogen and oxygen atoms in total. The first kappa shape index (κ1) is 27.4. The molecule has 1 aromatic carbocycles. The van der Waals surface area contributed by atoms with E-state index < -0.39 is 0 Å². The molecule has 0 saturated carbocycles. The molecule has 1 rings (SSSR count). The molecule has 1 aromatic rings. The van der Waals surface area contributed by atoms with Crippen LogP contribution < -0.4 is 4.90 Å². The maximum Gasteiger partial charge on any atom is 0.305 e. The standard InChI is InChI=1S/C24H41NO6/c1-23(2,30-6)10-13-31-24(3,4)9-12-25(11-7-8-22(28)29-5)21-15-19(17-26)14-20(16-21)18-27/h14-16,26-27H,7-13,17-18H2,1-6H3. The van der Waals surface area contributed by atoms with Crippen LogP contribution in [0.4, 0.5) is 5.69 Å². The second-order valence-electron chi connectivity index (χ2n) is 9.06. The van der Waals surface area contributed by atoms with Crippen molar-refractivity contribution in [2.24, 2.45) is 0 Å². The minimum absolute atomic E-state index is 0.0965. The summed E-state index contributed by atoms with van der Waals surface area (Å²) < 4.78 is 16.4. The predicted octanol–water partition coefficient (Wildman–Crippen LogP) is 3.43. The number of anilines is 1. The molecule has 0 aliphatic rings. The van der Waals surface area contributed by atoms with Crippen molar-refractivity contribution < 1.29 is 29.2 Å². The van der Waals surface area contributed by atoms with Gasteiger partial charge in [-0.1, -0.05) is 6.07 Å². The smallest absolute Gasteiger partial charge is 0.305 e. The molecular weight excluding hydrogens is 398 g/mol. The van der Waals surface area contributed by atoms with Crippen molar-refractivity contribution in [1.29, 1.82) is 0 Å². The molecule has 0 aliphatic carbocycles. The average molecular weight is 440 g/mol. The molecule has 0 bridgehead atoms. The van der Waals surface area contributed by atoms with E-state index in [2.05, 4.69) is 18.7 Å². The summed E-state index contributed by atoms with van der Waals surface area (Å²) >= 11 is 0. The van der Waals surface area contributed by atoms with Gasteiger partial charge in [0.1, 0.15) is 0 Å². The van der Waals surface area contributed by atoms with Crippen LogP contribution in [0.1, 0.15) is 64.5 Å². The normalized spacial score (nSPS) is 12.1. The number of carbonyl (C=O) groups is 1. The predicted molar refractivity (Wildman–Crippen MR) is 122 cm³/mol. The van der Waals surface area contributed by atoms with Gasteiger partial charge in [0.05, 0.1) is 38.1 Å². The summed E-state index contributed by atoms with van der Waals surface area (Å²) in [5.41, 5.74) is 1.85. The fourth-order valence-electron chi connectivity index (χ4n) is 3.15. The van der Waals surface area contributed by atoms with Crippen molar-refractivity contribution in [3.8, 4) is 0 Å². The molecule has 0 fully saturated rings. The van der Waals surface area contributed by atoms with Crippen molar-refractivity contribution >= 4 is 11.7 Å². The molecule has 0 unspecified atom stereocenters. The third kappa shape index (κ3) is 10.5. The summed E-state index contributed by atoms with van der Waals surface area (Å²) in [6.07, 6.45) is 2.56. The van der Waals surface area contributed by atoms with Crippen LogP contribution in [0.2, 0.25) is 0 Å². The third-order valence-corrected chi connectivity index (χ3v) is 5.54. The minimum Gasteiger partial charge on any atom is -0.469 e. The molecule has 2 N–H and O–H groups in total. The highest BCUT2D eigenvalue weighted by Gasteiger charge is 2.23. The Balaban J connectivity index is 2.85. The summed E-state index contributed by atoms with van der Waals surface area (Å²) in [7, 11) is 3.10. The van der Waals surface area contributed by atoms with Crippen molar-refractivity contribution in [3.05, 3.63) is 29.3 Å². The van der Waals surface area contributed by atoms with Gasteiger partial charge in [0.25, 0.3) is 0 Å². The topological polar surface area (TPSA) is 88.5 Å². The van der Waals surface area contributed by atoms with Crippen molar-refractivity contribution in [1.82, 2.24) is 0 Å². The van der Waals surface area contributed by atoms with E-state index in [9.17, 15) is 15.0 Å². The van der Waals surface area contributed by atoms with Gasteiger partial charge in [0, 0.05) is 32.3 Å². The number of carbonyl (C=O) groups excluding carboxylic acids is 1. The van der Waals surface area contributed by atoms with Crippen LogP contribution in [0.5, 0.6) is 0 Å². The van der Waals surface area contributed by atoms with Crippen LogP contribution in [0.25, 0.3) is 0 Å². The minimum atomic E-state index is -0.335. The van der Waals surface area contributed by atoms with E-state index in [0.29, 0.717) is 32.5 Å². The maximum atomic E-state index is 11.5. The summed E-state index contributed by atoms with van der Waals surface area (Å²) in [5.74, 6) is -0.232. The van der Waals surface area contributed by atoms with E-state index in [0.717, 1.165) is 29.7 Å². The van der Waals surface area contributed by atoms with Crippen molar-refractivity contribution in [2.75, 3.05) is 38.8 Å². The third-order valence-electron chi connectivity index (χ3n) is 5.54. The summed E-state index contributed by atoms with van der Waals surface area (Å²) in [5, 5.41) is 19.2. The van der Waals surface area contributed by atoms with Gasteiger partial charge in [-0.3, -0.25) is 4.79 Å². The lowest BCUT2D eigenvalue weighted by Crippen LogP contribution is -2.35. The Hall–Kier alpha value is -1.67. The zero-order valence-corrected chi connectivity index (χ0v) is 20.1. The highest BCUT2D eigenvalue weighted by atomic mass is 16.5. The van der Waals surface area contributed by atoms with E-state index >= 15 is 0 Å². The number of aliphatic hydroxyl groups excluding tert-OH is 2. The number of benzene rings is 1. The Morgan fingerprint density at radius 2 is 1.55 bits per heavy atom. The first-order valence-electron chi connectivity index (χ1n) is 10.9. The van der Waals surface area contributed by atoms with Gasteiger partial charge in [0.15, 0.2) is 0 Å². The fourth-order valence-corrected chi connectivity index (χ4v) is 3.15. The summed E-state index contributed by atoms with van der Waals surface area (Å²) in [6, 6.07) is 5.64. The van der Waals surface area contributed by atoms with E-state index in [1.54, 1.807) is 13.2 Å². The zero-order valence-electron chi connectivity index (χ0n) is 20.1. The molecular formula is C24H41NO6. The molecule has 7 heteroatoms. The van der Waals surface area contributed by atoms with Crippen LogP contribution in [-0.4, -0.2) is 61.3 Å². The van der Waals surface area contributed by atoms with Gasteiger partial charge in [-0.15, -0.1) is 0 Å². The number of aliphatic hydroxyl groups is 2. The lowest BCUT2D eigenvalue weighted by Gasteiger charge is -2.32. The first-order chi connectivity index (χ1) is 14.6. The molecule has 0 aromatic heterocycles. The van der Waals surface area contributed by atoms with Crippen molar-refractivity contribution in [3.63, 3.8) is 0 Å². The van der Waals surface area contributed by atoms with Crippen LogP contribution in [0.15, 0.2) is 18.2 Å². The second-order valence-corrected chi connectivity index (χ2v) is 9.06. The number of ether oxygens (including phenoxy) is 3. The molecule has 0 aliphatic heterocycles. The van der Waals surface area contributed by atoms with Gasteiger partial charge < -0.3 is 29.3 Å². The number of rotatable bonds is 15. The maximum absolute atomic E-state index is 11.5. The average Bonchev–Trinajstić information content (AvgIpc) is 2.74. The molecule has 0 radical (unpaired) electrons. The summed E-state index contributed by atoms with van der Waals surface area (Å²) in [6.45, 7) is 10.00. The zero-order chi connectivity index (χ0) is 23.5. The van der Waals surface area contributed by atoms with E-state index in [-0.39, 0.29) is 30.4 Å². The Bertz CT molecular complexity index is 652. The SMILES string of the molecule is COC(=O)CCCN(CCC(C)(C)OCCC(C)(C)OC)c1cc(CO)cc(CO)c1. The second kappa shape index (κ2) is 13.0. The van der Waals surface area contributed by atoms with E-state index in [4.69, 9.17) is 14.2 Å². The van der Waals surface area contributed by atoms with Crippen LogP contribution >= 0.6 is 0 Å². The number of hydrogen-bond acceptors (Lipinski definition) is 7. The van der Waals surface area contributed by atoms with Gasteiger partial charge in [-0.25, -0.2) is 0 Å². The van der Waals surface area contributed by atoms with Crippen LogP contribution in [0.3, 0.4) is 0 Å². The summed E-state index contributed by atoms with van der Waals surface area (Å²) in [4.78, 5) is 13.7. The molecule has 0 saturated heterocycles. The highest BCUT2D eigenvalue weighted by Crippen LogP contribution is 2.24. The van der Waals surface area contributed by atoms with Crippen molar-refractivity contribution in [2.45, 2.75) is 77.8 Å². The van der Waals surface area contributed by atoms with Crippen LogP contribution in [-0.2, 0) is 32.2 Å². The molecule has 0 spiro atoms. The largest absolute Gasteiger partial charge is 0.469 e. The Morgan fingerprint density at radius 3 is 2.06 bits per heavy atom. The van der Waals surface area contributed by atoms with Gasteiger partial charge in [-0.2, -0.15) is 0 Å². The first-order valence-corrected chi connectivity index (χ1v) is 10.9. The highest BCUT2D eigenvalue weighted by molar-refractivity contribution is 5.69.